The molecule has 1 aliphatic rings. The highest BCUT2D eigenvalue weighted by molar-refractivity contribution is 8.00. The number of nitrogens with zero attached hydrogens (tertiary/aromatic N) is 2. The molecule has 0 unspecified atom stereocenters. The minimum atomic E-state index is 0.0361. The van der Waals surface area contributed by atoms with Gasteiger partial charge in [-0.05, 0) is 42.7 Å². The normalized spacial score (nSPS) is 13.8. The number of amides is 1. The third-order valence-electron chi connectivity index (χ3n) is 4.40. The van der Waals surface area contributed by atoms with Crippen molar-refractivity contribution in [2.45, 2.75) is 24.3 Å². The van der Waals surface area contributed by atoms with Gasteiger partial charge < -0.3 is 5.32 Å². The summed E-state index contributed by atoms with van der Waals surface area (Å²) in [5.41, 5.74) is 3.39. The molecule has 1 N–H and O–H groups in total. The van der Waals surface area contributed by atoms with Crippen molar-refractivity contribution in [3.05, 3.63) is 59.9 Å². The first kappa shape index (κ1) is 16.7. The molecule has 3 aromatic rings. The van der Waals surface area contributed by atoms with Crippen LogP contribution in [-0.2, 0) is 11.2 Å². The van der Waals surface area contributed by atoms with Crippen molar-refractivity contribution in [3.63, 3.8) is 0 Å². The molecule has 0 radical (unpaired) electrons. The number of Topliss-reactive ketones (excluding diaryl/α,β-unsaturated/α-hetero) is 1. The fraction of sp³-hybridized carbons (Fsp3) is 0.200. The van der Waals surface area contributed by atoms with Crippen LogP contribution in [0.5, 0.6) is 0 Å². The minimum absolute atomic E-state index is 0.0361. The number of carbonyl (C=O) groups is 2. The second-order valence-corrected chi connectivity index (χ2v) is 7.15. The van der Waals surface area contributed by atoms with Crippen molar-refractivity contribution in [2.24, 2.45) is 0 Å². The van der Waals surface area contributed by atoms with Gasteiger partial charge in [0.1, 0.15) is 11.4 Å². The van der Waals surface area contributed by atoms with Gasteiger partial charge in [0.25, 0.3) is 0 Å². The van der Waals surface area contributed by atoms with Gasteiger partial charge in [-0.25, -0.2) is 9.97 Å². The van der Waals surface area contributed by atoms with Crippen molar-refractivity contribution in [1.82, 2.24) is 9.97 Å². The molecule has 1 aromatic heterocycles. The number of benzene rings is 2. The Morgan fingerprint density at radius 2 is 2.00 bits per heavy atom. The number of nitrogens with one attached hydrogen (secondary N) is 1. The molecule has 1 aliphatic heterocycles. The maximum absolute atomic E-state index is 12.6. The third kappa shape index (κ3) is 3.46. The molecule has 6 heteroatoms. The van der Waals surface area contributed by atoms with Crippen molar-refractivity contribution in [1.29, 1.82) is 0 Å². The molecule has 0 bridgehead atoms. The molecule has 0 saturated heterocycles. The number of para-hydroxylation sites is 1. The summed E-state index contributed by atoms with van der Waals surface area (Å²) < 4.78 is 0. The van der Waals surface area contributed by atoms with E-state index in [4.69, 9.17) is 0 Å². The Morgan fingerprint density at radius 1 is 1.12 bits per heavy atom. The Labute approximate surface area is 155 Å². The average molecular weight is 363 g/mol. The van der Waals surface area contributed by atoms with Crippen LogP contribution in [0.25, 0.3) is 10.9 Å². The van der Waals surface area contributed by atoms with Crippen LogP contribution in [0.15, 0.2) is 53.8 Å². The molecule has 1 amide bonds. The Kier molecular flexibility index (Phi) is 4.67. The lowest BCUT2D eigenvalue weighted by atomic mass is 10.0. The molecule has 2 heterocycles. The highest BCUT2D eigenvalue weighted by atomic mass is 32.2. The molecule has 0 saturated carbocycles. The maximum Gasteiger partial charge on any atom is 0.224 e. The molecule has 0 fully saturated rings. The van der Waals surface area contributed by atoms with Gasteiger partial charge in [0, 0.05) is 23.1 Å². The molecule has 4 rings (SSSR count). The minimum Gasteiger partial charge on any atom is -0.326 e. The summed E-state index contributed by atoms with van der Waals surface area (Å²) in [6.07, 6.45) is 3.66. The summed E-state index contributed by atoms with van der Waals surface area (Å²) in [4.78, 5) is 32.8. The molecular formula is C20H17N3O2S. The summed E-state index contributed by atoms with van der Waals surface area (Å²) in [7, 11) is 0. The number of aryl methyl sites for hydroxylation is 1. The van der Waals surface area contributed by atoms with Crippen molar-refractivity contribution >= 4 is 40.0 Å². The van der Waals surface area contributed by atoms with Crippen LogP contribution < -0.4 is 5.32 Å². The van der Waals surface area contributed by atoms with Gasteiger partial charge in [-0.3, -0.25) is 9.59 Å². The SMILES string of the molecule is O=C1CCCc2cc(C(=O)CSc3ncnc4ccccc34)ccc2N1. The molecule has 5 nitrogen and oxygen atoms in total. The first-order valence-electron chi connectivity index (χ1n) is 8.49. The average Bonchev–Trinajstić information content (AvgIpc) is 2.86. The Balaban J connectivity index is 1.52. The van der Waals surface area contributed by atoms with Gasteiger partial charge >= 0.3 is 0 Å². The number of carbonyl (C=O) groups excluding carboxylic acids is 2. The number of hydrogen-bond acceptors (Lipinski definition) is 5. The van der Waals surface area contributed by atoms with Gasteiger partial charge in [0.05, 0.1) is 11.3 Å². The van der Waals surface area contributed by atoms with Gasteiger partial charge in [-0.15, -0.1) is 0 Å². The van der Waals surface area contributed by atoms with Gasteiger partial charge in [0.15, 0.2) is 5.78 Å². The fourth-order valence-corrected chi connectivity index (χ4v) is 3.94. The summed E-state index contributed by atoms with van der Waals surface area (Å²) in [5.74, 6) is 0.400. The van der Waals surface area contributed by atoms with E-state index in [1.54, 1.807) is 6.07 Å². The molecule has 26 heavy (non-hydrogen) atoms. The Bertz CT molecular complexity index is 998. The zero-order chi connectivity index (χ0) is 17.9. The van der Waals surface area contributed by atoms with Crippen molar-refractivity contribution in [3.8, 4) is 0 Å². The number of anilines is 1. The van der Waals surface area contributed by atoms with E-state index in [0.717, 1.165) is 40.0 Å². The Morgan fingerprint density at radius 3 is 2.92 bits per heavy atom. The van der Waals surface area contributed by atoms with Crippen LogP contribution >= 0.6 is 11.8 Å². The van der Waals surface area contributed by atoms with E-state index >= 15 is 0 Å². The lowest BCUT2D eigenvalue weighted by molar-refractivity contribution is -0.116. The monoisotopic (exact) mass is 363 g/mol. The van der Waals surface area contributed by atoms with E-state index in [1.165, 1.54) is 18.1 Å². The molecule has 2 aromatic carbocycles. The Hall–Kier alpha value is -2.73. The van der Waals surface area contributed by atoms with Crippen LogP contribution in [0.3, 0.4) is 0 Å². The molecule has 130 valence electrons. The number of rotatable bonds is 4. The van der Waals surface area contributed by atoms with Crippen LogP contribution in [-0.4, -0.2) is 27.4 Å². The summed E-state index contributed by atoms with van der Waals surface area (Å²) in [6, 6.07) is 13.3. The van der Waals surface area contributed by atoms with E-state index < -0.39 is 0 Å². The topological polar surface area (TPSA) is 72.0 Å². The molecular weight excluding hydrogens is 346 g/mol. The lowest BCUT2D eigenvalue weighted by Gasteiger charge is -2.09. The largest absolute Gasteiger partial charge is 0.326 e. The van der Waals surface area contributed by atoms with E-state index in [0.29, 0.717) is 17.7 Å². The highest BCUT2D eigenvalue weighted by Crippen LogP contribution is 2.27. The van der Waals surface area contributed by atoms with Gasteiger partial charge in [-0.1, -0.05) is 30.0 Å². The summed E-state index contributed by atoms with van der Waals surface area (Å²) in [6.45, 7) is 0. The maximum atomic E-state index is 12.6. The summed E-state index contributed by atoms with van der Waals surface area (Å²) >= 11 is 1.42. The lowest BCUT2D eigenvalue weighted by Crippen LogP contribution is -2.10. The second kappa shape index (κ2) is 7.25. The molecule has 0 aliphatic carbocycles. The number of aromatic nitrogens is 2. The third-order valence-corrected chi connectivity index (χ3v) is 5.40. The predicted molar refractivity (Wildman–Crippen MR) is 103 cm³/mol. The van der Waals surface area contributed by atoms with Crippen LogP contribution in [0.1, 0.15) is 28.8 Å². The first-order chi connectivity index (χ1) is 12.7. The summed E-state index contributed by atoms with van der Waals surface area (Å²) in [5, 5.41) is 4.66. The van der Waals surface area contributed by atoms with E-state index in [9.17, 15) is 9.59 Å². The van der Waals surface area contributed by atoms with Crippen LogP contribution in [0.2, 0.25) is 0 Å². The predicted octanol–water partition coefficient (Wildman–Crippen LogP) is 3.88. The molecule has 0 atom stereocenters. The quantitative estimate of drug-likeness (QED) is 0.433. The van der Waals surface area contributed by atoms with E-state index in [2.05, 4.69) is 15.3 Å². The molecule has 0 spiro atoms. The zero-order valence-electron chi connectivity index (χ0n) is 14.1. The van der Waals surface area contributed by atoms with E-state index in [1.807, 2.05) is 36.4 Å². The second-order valence-electron chi connectivity index (χ2n) is 6.18. The number of fused-ring (bicyclic) bond motifs is 2. The van der Waals surface area contributed by atoms with Crippen molar-refractivity contribution < 1.29 is 9.59 Å². The van der Waals surface area contributed by atoms with E-state index in [-0.39, 0.29) is 11.7 Å². The smallest absolute Gasteiger partial charge is 0.224 e. The van der Waals surface area contributed by atoms with Gasteiger partial charge in [-0.2, -0.15) is 0 Å². The first-order valence-corrected chi connectivity index (χ1v) is 9.48. The highest BCUT2D eigenvalue weighted by Gasteiger charge is 2.16. The fourth-order valence-electron chi connectivity index (χ4n) is 3.06. The van der Waals surface area contributed by atoms with Gasteiger partial charge in [0.2, 0.25) is 5.91 Å². The number of thioether (sulfide) groups is 1. The standard InChI is InChI=1S/C20H17N3O2S/c24-18(11-26-20-15-5-1-2-6-17(15)21-12-22-20)14-8-9-16-13(10-14)4-3-7-19(25)23-16/h1-2,5-6,8-10,12H,3-4,7,11H2,(H,23,25). The number of ketones is 1. The number of hydrogen-bond donors (Lipinski definition) is 1. The van der Waals surface area contributed by atoms with Crippen LogP contribution in [0, 0.1) is 0 Å². The van der Waals surface area contributed by atoms with Crippen molar-refractivity contribution in [2.75, 3.05) is 11.1 Å². The zero-order valence-corrected chi connectivity index (χ0v) is 14.9. The van der Waals surface area contributed by atoms with Crippen LogP contribution in [0.4, 0.5) is 5.69 Å².